The van der Waals surface area contributed by atoms with Gasteiger partial charge in [0.15, 0.2) is 11.5 Å². The second-order valence-electron chi connectivity index (χ2n) is 5.26. The summed E-state index contributed by atoms with van der Waals surface area (Å²) in [4.78, 5) is 12.7. The van der Waals surface area contributed by atoms with Gasteiger partial charge < -0.3 is 9.47 Å². The molecule has 0 N–H and O–H groups in total. The number of methoxy groups -OCH3 is 2. The minimum atomic E-state index is -0.287. The Labute approximate surface area is 118 Å². The van der Waals surface area contributed by atoms with E-state index in [0.29, 0.717) is 22.1 Å². The van der Waals surface area contributed by atoms with Crippen molar-refractivity contribution < 1.29 is 14.3 Å². The maximum Gasteiger partial charge on any atom is 0.172 e. The van der Waals surface area contributed by atoms with Crippen molar-refractivity contribution in [3.63, 3.8) is 0 Å². The quantitative estimate of drug-likeness (QED) is 0.779. The van der Waals surface area contributed by atoms with Crippen LogP contribution >= 0.6 is 11.6 Å². The van der Waals surface area contributed by atoms with E-state index in [1.807, 2.05) is 6.92 Å². The SMILES string of the molecule is COc1ccc(C(=O)C2(C)CCCC2)c(OC)c1Cl. The molecule has 0 aliphatic heterocycles. The van der Waals surface area contributed by atoms with E-state index in [0.717, 1.165) is 25.7 Å². The van der Waals surface area contributed by atoms with Crippen LogP contribution in [0.2, 0.25) is 5.02 Å². The van der Waals surface area contributed by atoms with E-state index in [-0.39, 0.29) is 11.2 Å². The zero-order valence-corrected chi connectivity index (χ0v) is 12.3. The highest BCUT2D eigenvalue weighted by Gasteiger charge is 2.38. The minimum absolute atomic E-state index is 0.117. The van der Waals surface area contributed by atoms with E-state index in [1.54, 1.807) is 19.2 Å². The van der Waals surface area contributed by atoms with Crippen LogP contribution in [0.1, 0.15) is 43.0 Å². The van der Waals surface area contributed by atoms with Gasteiger partial charge >= 0.3 is 0 Å². The molecule has 1 saturated carbocycles. The van der Waals surface area contributed by atoms with Crippen LogP contribution < -0.4 is 9.47 Å². The fourth-order valence-corrected chi connectivity index (χ4v) is 3.10. The Morgan fingerprint density at radius 1 is 1.21 bits per heavy atom. The number of halogens is 1. The summed E-state index contributed by atoms with van der Waals surface area (Å²) >= 11 is 6.21. The first-order valence-corrected chi connectivity index (χ1v) is 6.86. The summed E-state index contributed by atoms with van der Waals surface area (Å²) < 4.78 is 10.5. The molecule has 0 aromatic heterocycles. The van der Waals surface area contributed by atoms with E-state index >= 15 is 0 Å². The van der Waals surface area contributed by atoms with Gasteiger partial charge in [0.2, 0.25) is 0 Å². The summed E-state index contributed by atoms with van der Waals surface area (Å²) in [5.74, 6) is 1.05. The summed E-state index contributed by atoms with van der Waals surface area (Å²) in [6.07, 6.45) is 4.07. The van der Waals surface area contributed by atoms with Crippen LogP contribution in [0.4, 0.5) is 0 Å². The van der Waals surface area contributed by atoms with E-state index in [4.69, 9.17) is 21.1 Å². The van der Waals surface area contributed by atoms with E-state index in [1.165, 1.54) is 7.11 Å². The largest absolute Gasteiger partial charge is 0.495 e. The summed E-state index contributed by atoms with van der Waals surface area (Å²) in [6, 6.07) is 3.46. The first-order chi connectivity index (χ1) is 9.03. The van der Waals surface area contributed by atoms with Crippen LogP contribution in [0.3, 0.4) is 0 Å². The average Bonchev–Trinajstić information content (AvgIpc) is 2.85. The summed E-state index contributed by atoms with van der Waals surface area (Å²) in [5, 5.41) is 0.359. The average molecular weight is 283 g/mol. The minimum Gasteiger partial charge on any atom is -0.495 e. The molecule has 1 aliphatic rings. The van der Waals surface area contributed by atoms with Gasteiger partial charge in [0.1, 0.15) is 10.8 Å². The molecule has 1 aliphatic carbocycles. The van der Waals surface area contributed by atoms with Crippen molar-refractivity contribution in [3.8, 4) is 11.5 Å². The van der Waals surface area contributed by atoms with Crippen molar-refractivity contribution >= 4 is 17.4 Å². The third kappa shape index (κ3) is 2.44. The topological polar surface area (TPSA) is 35.5 Å². The summed E-state index contributed by atoms with van der Waals surface area (Å²) in [6.45, 7) is 2.03. The zero-order chi connectivity index (χ0) is 14.0. The smallest absolute Gasteiger partial charge is 0.172 e. The van der Waals surface area contributed by atoms with Gasteiger partial charge in [-0.3, -0.25) is 4.79 Å². The van der Waals surface area contributed by atoms with Crippen molar-refractivity contribution in [3.05, 3.63) is 22.7 Å². The molecule has 0 saturated heterocycles. The van der Waals surface area contributed by atoms with Gasteiger partial charge in [-0.25, -0.2) is 0 Å². The van der Waals surface area contributed by atoms with E-state index in [2.05, 4.69) is 0 Å². The molecular weight excluding hydrogens is 264 g/mol. The standard InChI is InChI=1S/C15H19ClO3/c1-15(8-4-5-9-15)14(17)10-6-7-11(18-2)12(16)13(10)19-3/h6-7H,4-5,8-9H2,1-3H3. The first-order valence-electron chi connectivity index (χ1n) is 6.49. The number of carbonyl (C=O) groups excluding carboxylic acids is 1. The maximum absolute atomic E-state index is 12.7. The van der Waals surface area contributed by atoms with Crippen LogP contribution in [0.15, 0.2) is 12.1 Å². The molecule has 0 atom stereocenters. The molecule has 0 unspecified atom stereocenters. The molecule has 3 nitrogen and oxygen atoms in total. The number of carbonyl (C=O) groups is 1. The van der Waals surface area contributed by atoms with E-state index < -0.39 is 0 Å². The lowest BCUT2D eigenvalue weighted by Crippen LogP contribution is -2.24. The molecule has 1 aromatic carbocycles. The van der Waals surface area contributed by atoms with Crippen molar-refractivity contribution in [2.75, 3.05) is 14.2 Å². The third-order valence-corrected chi connectivity index (χ3v) is 4.34. The van der Waals surface area contributed by atoms with E-state index in [9.17, 15) is 4.79 Å². The Morgan fingerprint density at radius 3 is 2.37 bits per heavy atom. The molecule has 19 heavy (non-hydrogen) atoms. The monoisotopic (exact) mass is 282 g/mol. The molecule has 0 bridgehead atoms. The third-order valence-electron chi connectivity index (χ3n) is 3.99. The van der Waals surface area contributed by atoms with Crippen LogP contribution in [0.25, 0.3) is 0 Å². The highest BCUT2D eigenvalue weighted by Crippen LogP contribution is 2.44. The lowest BCUT2D eigenvalue weighted by atomic mass is 9.80. The van der Waals surface area contributed by atoms with Crippen LogP contribution in [0, 0.1) is 5.41 Å². The predicted octanol–water partition coefficient (Wildman–Crippen LogP) is 4.12. The summed E-state index contributed by atoms with van der Waals surface area (Å²) in [5.41, 5.74) is 0.267. The lowest BCUT2D eigenvalue weighted by molar-refractivity contribution is 0.0820. The first kappa shape index (κ1) is 14.2. The Morgan fingerprint density at radius 2 is 1.84 bits per heavy atom. The molecule has 0 heterocycles. The summed E-state index contributed by atoms with van der Waals surface area (Å²) in [7, 11) is 3.06. The van der Waals surface area contributed by atoms with Gasteiger partial charge in [-0.1, -0.05) is 31.4 Å². The van der Waals surface area contributed by atoms with Gasteiger partial charge in [-0.2, -0.15) is 0 Å². The lowest BCUT2D eigenvalue weighted by Gasteiger charge is -2.23. The number of Topliss-reactive ketones (excluding diaryl/α,β-unsaturated/α-hetero) is 1. The highest BCUT2D eigenvalue weighted by molar-refractivity contribution is 6.34. The van der Waals surface area contributed by atoms with Crippen LogP contribution in [-0.4, -0.2) is 20.0 Å². The molecule has 1 aromatic rings. The Kier molecular flexibility index (Phi) is 4.04. The molecule has 4 heteroatoms. The van der Waals surface area contributed by atoms with Crippen molar-refractivity contribution in [2.24, 2.45) is 5.41 Å². The molecule has 1 fully saturated rings. The number of ketones is 1. The normalized spacial score (nSPS) is 17.3. The Balaban J connectivity index is 2.45. The molecule has 2 rings (SSSR count). The molecule has 104 valence electrons. The van der Waals surface area contributed by atoms with Crippen LogP contribution in [-0.2, 0) is 0 Å². The van der Waals surface area contributed by atoms with Gasteiger partial charge in [0.25, 0.3) is 0 Å². The fourth-order valence-electron chi connectivity index (χ4n) is 2.78. The van der Waals surface area contributed by atoms with Gasteiger partial charge in [0, 0.05) is 5.41 Å². The number of rotatable bonds is 4. The molecule has 0 radical (unpaired) electrons. The molecule has 0 spiro atoms. The van der Waals surface area contributed by atoms with Gasteiger partial charge in [0.05, 0.1) is 19.8 Å². The predicted molar refractivity (Wildman–Crippen MR) is 75.5 cm³/mol. The number of hydrogen-bond donors (Lipinski definition) is 0. The Bertz CT molecular complexity index is 490. The second-order valence-corrected chi connectivity index (χ2v) is 5.64. The number of ether oxygens (including phenoxy) is 2. The van der Waals surface area contributed by atoms with Crippen molar-refractivity contribution in [2.45, 2.75) is 32.6 Å². The fraction of sp³-hybridized carbons (Fsp3) is 0.533. The second kappa shape index (κ2) is 5.41. The van der Waals surface area contributed by atoms with Crippen molar-refractivity contribution in [1.29, 1.82) is 0 Å². The zero-order valence-electron chi connectivity index (χ0n) is 11.6. The number of hydrogen-bond acceptors (Lipinski definition) is 3. The maximum atomic E-state index is 12.7. The molecule has 0 amide bonds. The van der Waals surface area contributed by atoms with Gasteiger partial charge in [-0.15, -0.1) is 0 Å². The van der Waals surface area contributed by atoms with Crippen LogP contribution in [0.5, 0.6) is 11.5 Å². The van der Waals surface area contributed by atoms with Gasteiger partial charge in [-0.05, 0) is 25.0 Å². The Hall–Kier alpha value is -1.22. The molecular formula is C15H19ClO3. The number of benzene rings is 1. The highest BCUT2D eigenvalue weighted by atomic mass is 35.5. The van der Waals surface area contributed by atoms with Crippen molar-refractivity contribution in [1.82, 2.24) is 0 Å².